The zero-order valence-corrected chi connectivity index (χ0v) is 15.4. The van der Waals surface area contributed by atoms with Gasteiger partial charge in [-0.1, -0.05) is 24.3 Å². The van der Waals surface area contributed by atoms with E-state index in [-0.39, 0.29) is 17.4 Å². The molecule has 0 bridgehead atoms. The lowest BCUT2D eigenvalue weighted by molar-refractivity contribution is 0.198. The summed E-state index contributed by atoms with van der Waals surface area (Å²) in [6, 6.07) is 10.2. The SMILES string of the molecule is C[C@H](O)CNS(=O)(=O)c1ccccc1-c1ccc(-c2cnc(N)nc2)nc1. The first kappa shape index (κ1) is 18.9. The molecule has 27 heavy (non-hydrogen) atoms. The van der Waals surface area contributed by atoms with Crippen LogP contribution in [0.4, 0.5) is 5.95 Å². The van der Waals surface area contributed by atoms with Crippen LogP contribution in [-0.4, -0.2) is 41.1 Å². The third-order valence-corrected chi connectivity index (χ3v) is 5.27. The van der Waals surface area contributed by atoms with Gasteiger partial charge in [0.05, 0.1) is 16.7 Å². The molecule has 3 aromatic rings. The first-order chi connectivity index (χ1) is 12.9. The number of anilines is 1. The maximum absolute atomic E-state index is 12.6. The molecular formula is C18H19N5O3S. The van der Waals surface area contributed by atoms with E-state index in [1.165, 1.54) is 13.0 Å². The smallest absolute Gasteiger partial charge is 0.241 e. The largest absolute Gasteiger partial charge is 0.392 e. The van der Waals surface area contributed by atoms with Crippen LogP contribution in [0.2, 0.25) is 0 Å². The highest BCUT2D eigenvalue weighted by Crippen LogP contribution is 2.28. The molecule has 0 saturated heterocycles. The molecular weight excluding hydrogens is 366 g/mol. The Kier molecular flexibility index (Phi) is 5.45. The number of sulfonamides is 1. The van der Waals surface area contributed by atoms with E-state index < -0.39 is 16.1 Å². The second-order valence-electron chi connectivity index (χ2n) is 5.96. The predicted molar refractivity (Wildman–Crippen MR) is 102 cm³/mol. The Morgan fingerprint density at radius 2 is 1.70 bits per heavy atom. The van der Waals surface area contributed by atoms with Gasteiger partial charge < -0.3 is 10.8 Å². The fourth-order valence-corrected chi connectivity index (χ4v) is 3.79. The van der Waals surface area contributed by atoms with Gasteiger partial charge in [-0.3, -0.25) is 4.98 Å². The number of hydrogen-bond donors (Lipinski definition) is 3. The molecule has 1 atom stereocenters. The van der Waals surface area contributed by atoms with Crippen molar-refractivity contribution in [2.45, 2.75) is 17.9 Å². The highest BCUT2D eigenvalue weighted by atomic mass is 32.2. The van der Waals surface area contributed by atoms with Gasteiger partial charge in [-0.25, -0.2) is 23.1 Å². The van der Waals surface area contributed by atoms with E-state index in [9.17, 15) is 13.5 Å². The van der Waals surface area contributed by atoms with E-state index in [0.717, 1.165) is 0 Å². The van der Waals surface area contributed by atoms with E-state index in [0.29, 0.717) is 22.4 Å². The average molecular weight is 385 g/mol. The van der Waals surface area contributed by atoms with Crippen molar-refractivity contribution in [1.29, 1.82) is 0 Å². The summed E-state index contributed by atoms with van der Waals surface area (Å²) in [7, 11) is -3.77. The minimum Gasteiger partial charge on any atom is -0.392 e. The molecule has 140 valence electrons. The van der Waals surface area contributed by atoms with Crippen LogP contribution in [0, 0.1) is 0 Å². The molecule has 0 fully saturated rings. The molecule has 0 aliphatic carbocycles. The molecule has 8 nitrogen and oxygen atoms in total. The maximum atomic E-state index is 12.6. The lowest BCUT2D eigenvalue weighted by Crippen LogP contribution is -2.30. The molecule has 0 saturated carbocycles. The second-order valence-corrected chi connectivity index (χ2v) is 7.69. The highest BCUT2D eigenvalue weighted by molar-refractivity contribution is 7.89. The lowest BCUT2D eigenvalue weighted by Gasteiger charge is -2.13. The van der Waals surface area contributed by atoms with Gasteiger partial charge in [-0.05, 0) is 19.1 Å². The Labute approximate surface area is 157 Å². The molecule has 0 radical (unpaired) electrons. The minimum absolute atomic E-state index is 0.0645. The first-order valence-corrected chi connectivity index (χ1v) is 9.66. The van der Waals surface area contributed by atoms with Crippen molar-refractivity contribution in [3.05, 3.63) is 55.0 Å². The van der Waals surface area contributed by atoms with Crippen molar-refractivity contribution in [3.8, 4) is 22.4 Å². The molecule has 4 N–H and O–H groups in total. The molecule has 1 aromatic carbocycles. The number of nitrogens with zero attached hydrogens (tertiary/aromatic N) is 3. The number of nitrogens with one attached hydrogen (secondary N) is 1. The summed E-state index contributed by atoms with van der Waals surface area (Å²) in [6.45, 7) is 1.45. The quantitative estimate of drug-likeness (QED) is 0.585. The summed E-state index contributed by atoms with van der Waals surface area (Å²) in [4.78, 5) is 12.4. The topological polar surface area (TPSA) is 131 Å². The van der Waals surface area contributed by atoms with Crippen molar-refractivity contribution in [1.82, 2.24) is 19.7 Å². The van der Waals surface area contributed by atoms with Crippen molar-refractivity contribution in [2.75, 3.05) is 12.3 Å². The number of rotatable bonds is 6. The van der Waals surface area contributed by atoms with Crippen molar-refractivity contribution >= 4 is 16.0 Å². The molecule has 2 heterocycles. The zero-order chi connectivity index (χ0) is 19.4. The number of pyridine rings is 1. The van der Waals surface area contributed by atoms with Gasteiger partial charge in [0.15, 0.2) is 0 Å². The van der Waals surface area contributed by atoms with E-state index in [2.05, 4.69) is 19.7 Å². The normalized spacial score (nSPS) is 12.7. The molecule has 0 spiro atoms. The van der Waals surface area contributed by atoms with Crippen molar-refractivity contribution in [2.24, 2.45) is 0 Å². The number of benzene rings is 1. The van der Waals surface area contributed by atoms with Crippen LogP contribution in [-0.2, 0) is 10.0 Å². The Hall–Kier alpha value is -2.88. The minimum atomic E-state index is -3.77. The Bertz CT molecular complexity index is 1020. The van der Waals surface area contributed by atoms with E-state index in [4.69, 9.17) is 5.73 Å². The van der Waals surface area contributed by atoms with Gasteiger partial charge in [0.1, 0.15) is 0 Å². The maximum Gasteiger partial charge on any atom is 0.241 e. The van der Waals surface area contributed by atoms with Gasteiger partial charge >= 0.3 is 0 Å². The Morgan fingerprint density at radius 3 is 2.33 bits per heavy atom. The zero-order valence-electron chi connectivity index (χ0n) is 14.6. The molecule has 2 aromatic heterocycles. The molecule has 0 aliphatic heterocycles. The predicted octanol–water partition coefficient (Wildman–Crippen LogP) is 1.45. The Morgan fingerprint density at radius 1 is 1.04 bits per heavy atom. The third kappa shape index (κ3) is 4.45. The van der Waals surface area contributed by atoms with Crippen LogP contribution >= 0.6 is 0 Å². The van der Waals surface area contributed by atoms with Gasteiger partial charge in [-0.2, -0.15) is 0 Å². The number of aliphatic hydroxyl groups excluding tert-OH is 1. The summed E-state index contributed by atoms with van der Waals surface area (Å²) in [5.74, 6) is 0.180. The molecule has 9 heteroatoms. The van der Waals surface area contributed by atoms with Gasteiger partial charge in [0, 0.05) is 41.8 Å². The standard InChI is InChI=1S/C18H19N5O3S/c1-12(24)8-23-27(25,26)17-5-3-2-4-15(17)13-6-7-16(20-9-13)14-10-21-18(19)22-11-14/h2-7,9-12,23-24H,8H2,1H3,(H2,19,21,22)/t12-/m0/s1. The van der Waals surface area contributed by atoms with Crippen LogP contribution < -0.4 is 10.5 Å². The van der Waals surface area contributed by atoms with Crippen LogP contribution in [0.5, 0.6) is 0 Å². The van der Waals surface area contributed by atoms with Crippen LogP contribution in [0.15, 0.2) is 59.9 Å². The van der Waals surface area contributed by atoms with Gasteiger partial charge in [0.2, 0.25) is 16.0 Å². The summed E-state index contributed by atoms with van der Waals surface area (Å²) >= 11 is 0. The van der Waals surface area contributed by atoms with E-state index >= 15 is 0 Å². The van der Waals surface area contributed by atoms with Crippen LogP contribution in [0.3, 0.4) is 0 Å². The van der Waals surface area contributed by atoms with Crippen molar-refractivity contribution in [3.63, 3.8) is 0 Å². The van der Waals surface area contributed by atoms with Crippen LogP contribution in [0.25, 0.3) is 22.4 Å². The molecule has 3 rings (SSSR count). The average Bonchev–Trinajstić information content (AvgIpc) is 2.67. The molecule has 0 amide bonds. The first-order valence-electron chi connectivity index (χ1n) is 8.18. The number of nitrogens with two attached hydrogens (primary N) is 1. The third-order valence-electron chi connectivity index (χ3n) is 3.79. The van der Waals surface area contributed by atoms with E-state index in [1.54, 1.807) is 48.9 Å². The number of aromatic nitrogens is 3. The molecule has 0 aliphatic rings. The van der Waals surface area contributed by atoms with Gasteiger partial charge in [-0.15, -0.1) is 0 Å². The van der Waals surface area contributed by atoms with Gasteiger partial charge in [0.25, 0.3) is 0 Å². The monoisotopic (exact) mass is 385 g/mol. The summed E-state index contributed by atoms with van der Waals surface area (Å²) in [6.07, 6.45) is 3.95. The van der Waals surface area contributed by atoms with E-state index in [1.807, 2.05) is 0 Å². The molecule has 0 unspecified atom stereocenters. The highest BCUT2D eigenvalue weighted by Gasteiger charge is 2.19. The number of hydrogen-bond acceptors (Lipinski definition) is 7. The number of aliphatic hydroxyl groups is 1. The summed E-state index contributed by atoms with van der Waals surface area (Å²) < 4.78 is 27.6. The summed E-state index contributed by atoms with van der Waals surface area (Å²) in [5.41, 5.74) is 8.00. The fraction of sp³-hybridized carbons (Fsp3) is 0.167. The lowest BCUT2D eigenvalue weighted by atomic mass is 10.1. The number of nitrogen functional groups attached to an aromatic ring is 1. The van der Waals surface area contributed by atoms with Crippen molar-refractivity contribution < 1.29 is 13.5 Å². The summed E-state index contributed by atoms with van der Waals surface area (Å²) in [5, 5.41) is 9.35. The Balaban J connectivity index is 1.94. The fourth-order valence-electron chi connectivity index (χ4n) is 2.44. The van der Waals surface area contributed by atoms with Crippen LogP contribution in [0.1, 0.15) is 6.92 Å². The second kappa shape index (κ2) is 7.78.